The molecule has 2 aliphatic rings. The van der Waals surface area contributed by atoms with Crippen molar-refractivity contribution in [3.63, 3.8) is 0 Å². The Morgan fingerprint density at radius 2 is 2.10 bits per heavy atom. The lowest BCUT2D eigenvalue weighted by Gasteiger charge is -2.14. The number of imidazole rings is 1. The second-order valence-electron chi connectivity index (χ2n) is 8.15. The van der Waals surface area contributed by atoms with Crippen LogP contribution in [0.4, 0.5) is 0 Å². The first-order chi connectivity index (χ1) is 14.1. The predicted octanol–water partition coefficient (Wildman–Crippen LogP) is 0.261. The number of hydrogen-bond donors (Lipinski definition) is 3. The van der Waals surface area contributed by atoms with Crippen LogP contribution >= 0.6 is 0 Å². The van der Waals surface area contributed by atoms with E-state index in [2.05, 4.69) is 33.1 Å². The molecule has 9 heteroatoms. The van der Waals surface area contributed by atoms with Gasteiger partial charge in [-0.2, -0.15) is 9.61 Å². The highest BCUT2D eigenvalue weighted by atomic mass is 16.3. The van der Waals surface area contributed by atoms with E-state index in [-0.39, 0.29) is 5.88 Å². The molecule has 29 heavy (non-hydrogen) atoms. The van der Waals surface area contributed by atoms with Crippen LogP contribution in [0.1, 0.15) is 49.4 Å². The SMILES string of the molecule is CN1CCCC(c2cc(=NC3CC3)n3ncc(=Cc4[nH]c(=O)[nH]c4O)c3n2)CC1. The average molecular weight is 395 g/mol. The highest BCUT2D eigenvalue weighted by Gasteiger charge is 2.22. The predicted molar refractivity (Wildman–Crippen MR) is 108 cm³/mol. The minimum Gasteiger partial charge on any atom is -0.493 e. The summed E-state index contributed by atoms with van der Waals surface area (Å²) in [5.74, 6) is 0.196. The number of nitrogens with zero attached hydrogens (tertiary/aromatic N) is 5. The van der Waals surface area contributed by atoms with E-state index in [1.165, 1.54) is 0 Å². The summed E-state index contributed by atoms with van der Waals surface area (Å²) in [5, 5.41) is 15.1. The van der Waals surface area contributed by atoms with Gasteiger partial charge < -0.3 is 15.0 Å². The standard InChI is InChI=1S/C20H25N7O2/c1-26-7-2-3-12(6-8-26)15-10-17(22-14-4-5-14)27-18(23-15)13(11-21-27)9-16-19(28)25-20(29)24-16/h9-12,14,28H,2-8H2,1H3,(H2,24,25,29). The van der Waals surface area contributed by atoms with Crippen LogP contribution in [0.2, 0.25) is 0 Å². The van der Waals surface area contributed by atoms with Gasteiger partial charge in [-0.1, -0.05) is 0 Å². The Labute approximate surface area is 166 Å². The smallest absolute Gasteiger partial charge is 0.326 e. The third-order valence-corrected chi connectivity index (χ3v) is 5.77. The van der Waals surface area contributed by atoms with E-state index >= 15 is 0 Å². The Morgan fingerprint density at radius 3 is 2.86 bits per heavy atom. The molecule has 1 aliphatic heterocycles. The number of fused-ring (bicyclic) bond motifs is 1. The lowest BCUT2D eigenvalue weighted by Crippen LogP contribution is -2.22. The lowest BCUT2D eigenvalue weighted by atomic mass is 9.96. The molecule has 1 saturated carbocycles. The minimum absolute atomic E-state index is 0.194. The number of aromatic amines is 2. The highest BCUT2D eigenvalue weighted by Crippen LogP contribution is 2.26. The van der Waals surface area contributed by atoms with Gasteiger partial charge in [0.2, 0.25) is 5.88 Å². The van der Waals surface area contributed by atoms with Crippen LogP contribution in [0.15, 0.2) is 22.1 Å². The monoisotopic (exact) mass is 395 g/mol. The molecule has 3 N–H and O–H groups in total. The molecule has 2 fully saturated rings. The van der Waals surface area contributed by atoms with E-state index in [1.807, 2.05) is 0 Å². The summed E-state index contributed by atoms with van der Waals surface area (Å²) in [6.45, 7) is 2.17. The van der Waals surface area contributed by atoms with Crippen LogP contribution in [0.25, 0.3) is 11.7 Å². The van der Waals surface area contributed by atoms with Gasteiger partial charge in [-0.05, 0) is 58.3 Å². The zero-order chi connectivity index (χ0) is 20.0. The number of aromatic nitrogens is 5. The first kappa shape index (κ1) is 18.1. The molecule has 5 rings (SSSR count). The summed E-state index contributed by atoms with van der Waals surface area (Å²) < 4.78 is 1.76. The lowest BCUT2D eigenvalue weighted by molar-refractivity contribution is 0.347. The minimum atomic E-state index is -0.453. The van der Waals surface area contributed by atoms with E-state index < -0.39 is 5.69 Å². The molecule has 0 spiro atoms. The Balaban J connectivity index is 1.67. The van der Waals surface area contributed by atoms with Crippen molar-refractivity contribution in [2.24, 2.45) is 4.99 Å². The number of H-pyrrole nitrogens is 2. The Bertz CT molecular complexity index is 1220. The molecule has 1 atom stereocenters. The van der Waals surface area contributed by atoms with Gasteiger partial charge in [-0.25, -0.2) is 9.78 Å². The molecule has 0 bridgehead atoms. The van der Waals surface area contributed by atoms with Crippen LogP contribution in [0, 0.1) is 0 Å². The van der Waals surface area contributed by atoms with E-state index in [9.17, 15) is 9.90 Å². The van der Waals surface area contributed by atoms with Crippen molar-refractivity contribution in [1.29, 1.82) is 0 Å². The first-order valence-electron chi connectivity index (χ1n) is 10.2. The Morgan fingerprint density at radius 1 is 1.24 bits per heavy atom. The van der Waals surface area contributed by atoms with Crippen LogP contribution in [-0.2, 0) is 0 Å². The third kappa shape index (κ3) is 3.69. The average Bonchev–Trinajstić information content (AvgIpc) is 3.38. The molecule has 1 aliphatic carbocycles. The highest BCUT2D eigenvalue weighted by molar-refractivity contribution is 5.56. The molecule has 0 radical (unpaired) electrons. The summed E-state index contributed by atoms with van der Waals surface area (Å²) in [4.78, 5) is 28.6. The molecule has 4 heterocycles. The third-order valence-electron chi connectivity index (χ3n) is 5.77. The fraction of sp³-hybridized carbons (Fsp3) is 0.500. The molecular weight excluding hydrogens is 370 g/mol. The van der Waals surface area contributed by atoms with Crippen LogP contribution < -0.4 is 16.4 Å². The Hall–Kier alpha value is -2.94. The number of nitrogens with one attached hydrogen (secondary N) is 2. The molecule has 0 aromatic carbocycles. The summed E-state index contributed by atoms with van der Waals surface area (Å²) in [5.41, 5.74) is 2.44. The second kappa shape index (κ2) is 7.14. The van der Waals surface area contributed by atoms with Crippen LogP contribution in [0.5, 0.6) is 5.88 Å². The summed E-state index contributed by atoms with van der Waals surface area (Å²) in [7, 11) is 2.17. The van der Waals surface area contributed by atoms with Crippen molar-refractivity contribution < 1.29 is 5.11 Å². The van der Waals surface area contributed by atoms with Gasteiger partial charge in [0.25, 0.3) is 0 Å². The maximum absolute atomic E-state index is 11.5. The van der Waals surface area contributed by atoms with Gasteiger partial charge in [-0.15, -0.1) is 0 Å². The maximum Gasteiger partial charge on any atom is 0.326 e. The molecule has 9 nitrogen and oxygen atoms in total. The summed E-state index contributed by atoms with van der Waals surface area (Å²) in [6, 6.07) is 2.46. The number of aromatic hydroxyl groups is 1. The topological polar surface area (TPSA) is 115 Å². The van der Waals surface area contributed by atoms with Gasteiger partial charge in [0.05, 0.1) is 12.2 Å². The van der Waals surface area contributed by atoms with Crippen molar-refractivity contribution in [3.05, 3.63) is 44.8 Å². The van der Waals surface area contributed by atoms with Gasteiger partial charge >= 0.3 is 5.69 Å². The quantitative estimate of drug-likeness (QED) is 0.589. The maximum atomic E-state index is 11.5. The zero-order valence-corrected chi connectivity index (χ0v) is 16.4. The van der Waals surface area contributed by atoms with Gasteiger partial charge in [0.15, 0.2) is 11.1 Å². The van der Waals surface area contributed by atoms with Crippen LogP contribution in [-0.4, -0.2) is 60.8 Å². The molecule has 3 aromatic rings. The van der Waals surface area contributed by atoms with Crippen molar-refractivity contribution in [3.8, 4) is 5.88 Å². The number of rotatable bonds is 3. The number of likely N-dealkylation sites (tertiary alicyclic amines) is 1. The van der Waals surface area contributed by atoms with E-state index in [1.54, 1.807) is 16.8 Å². The fourth-order valence-electron chi connectivity index (χ4n) is 3.96. The van der Waals surface area contributed by atoms with E-state index in [0.717, 1.165) is 61.6 Å². The number of hydrogen-bond acceptors (Lipinski definition) is 6. The van der Waals surface area contributed by atoms with Crippen molar-refractivity contribution in [2.75, 3.05) is 20.1 Å². The molecule has 1 unspecified atom stereocenters. The second-order valence-corrected chi connectivity index (χ2v) is 8.15. The first-order valence-corrected chi connectivity index (χ1v) is 10.2. The summed E-state index contributed by atoms with van der Waals surface area (Å²) in [6.07, 6.45) is 8.95. The molecule has 3 aromatic heterocycles. The Kier molecular flexibility index (Phi) is 4.46. The zero-order valence-electron chi connectivity index (χ0n) is 16.4. The normalized spacial score (nSPS) is 22.4. The largest absolute Gasteiger partial charge is 0.493 e. The molecule has 1 saturated heterocycles. The van der Waals surface area contributed by atoms with Gasteiger partial charge in [0.1, 0.15) is 5.69 Å². The fourth-order valence-corrected chi connectivity index (χ4v) is 3.96. The molecular formula is C20H25N7O2. The van der Waals surface area contributed by atoms with Crippen LogP contribution in [0.3, 0.4) is 0 Å². The molecule has 152 valence electrons. The van der Waals surface area contributed by atoms with E-state index in [4.69, 9.17) is 9.98 Å². The van der Waals surface area contributed by atoms with Gasteiger partial charge in [0, 0.05) is 22.9 Å². The molecule has 0 amide bonds. The van der Waals surface area contributed by atoms with Gasteiger partial charge in [-0.3, -0.25) is 9.98 Å². The van der Waals surface area contributed by atoms with E-state index in [0.29, 0.717) is 23.3 Å². The van der Waals surface area contributed by atoms with Crippen molar-refractivity contribution in [1.82, 2.24) is 29.5 Å². The van der Waals surface area contributed by atoms with Crippen molar-refractivity contribution in [2.45, 2.75) is 44.1 Å². The summed E-state index contributed by atoms with van der Waals surface area (Å²) >= 11 is 0. The van der Waals surface area contributed by atoms with Crippen molar-refractivity contribution >= 4 is 11.7 Å².